The van der Waals surface area contributed by atoms with E-state index in [1.54, 1.807) is 6.20 Å². The van der Waals surface area contributed by atoms with Crippen LogP contribution in [0.4, 0.5) is 5.82 Å². The molecule has 12 heavy (non-hydrogen) atoms. The highest BCUT2D eigenvalue weighted by Crippen LogP contribution is 2.14. The number of nitrogens with zero attached hydrogens (tertiary/aromatic N) is 2. The van der Waals surface area contributed by atoms with Crippen LogP contribution in [0.2, 0.25) is 0 Å². The van der Waals surface area contributed by atoms with Crippen molar-refractivity contribution in [2.24, 2.45) is 5.73 Å². The van der Waals surface area contributed by atoms with Crippen molar-refractivity contribution in [3.8, 4) is 0 Å². The van der Waals surface area contributed by atoms with Gasteiger partial charge in [0.25, 0.3) is 0 Å². The third-order valence-corrected chi connectivity index (χ3v) is 1.75. The van der Waals surface area contributed by atoms with Crippen LogP contribution in [0.1, 0.15) is 18.5 Å². The van der Waals surface area contributed by atoms with Gasteiger partial charge >= 0.3 is 0 Å². The van der Waals surface area contributed by atoms with Gasteiger partial charge in [0, 0.05) is 26.3 Å². The van der Waals surface area contributed by atoms with Crippen molar-refractivity contribution in [2.45, 2.75) is 13.0 Å². The van der Waals surface area contributed by atoms with Crippen molar-refractivity contribution in [1.82, 2.24) is 4.98 Å². The summed E-state index contributed by atoms with van der Waals surface area (Å²) in [4.78, 5) is 6.16. The average Bonchev–Trinajstić information content (AvgIpc) is 2.04. The Kier molecular flexibility index (Phi) is 2.65. The molecule has 1 aromatic rings. The number of hydrogen-bond donors (Lipinski definition) is 1. The smallest absolute Gasteiger partial charge is 0.128 e. The van der Waals surface area contributed by atoms with Crippen LogP contribution in [-0.2, 0) is 0 Å². The fourth-order valence-electron chi connectivity index (χ4n) is 0.962. The summed E-state index contributed by atoms with van der Waals surface area (Å²) < 4.78 is 0. The molecule has 1 atom stereocenters. The molecule has 1 rings (SSSR count). The minimum atomic E-state index is 0.0756. The van der Waals surface area contributed by atoms with E-state index in [9.17, 15) is 0 Å². The summed E-state index contributed by atoms with van der Waals surface area (Å²) in [6.45, 7) is 1.97. The van der Waals surface area contributed by atoms with Gasteiger partial charge in [-0.3, -0.25) is 0 Å². The standard InChI is InChI=1S/C9H15N3/c1-7(10)8-4-5-11-9(6-8)12(2)3/h4-7H,10H2,1-3H3. The highest BCUT2D eigenvalue weighted by atomic mass is 15.1. The minimum absolute atomic E-state index is 0.0756. The molecule has 3 heteroatoms. The monoisotopic (exact) mass is 165 g/mol. The van der Waals surface area contributed by atoms with Crippen molar-refractivity contribution in [1.29, 1.82) is 0 Å². The first-order chi connectivity index (χ1) is 5.61. The third-order valence-electron chi connectivity index (χ3n) is 1.75. The van der Waals surface area contributed by atoms with Crippen molar-refractivity contribution in [3.05, 3.63) is 23.9 Å². The summed E-state index contributed by atoms with van der Waals surface area (Å²) in [5.41, 5.74) is 6.86. The molecule has 0 spiro atoms. The van der Waals surface area contributed by atoms with Crippen molar-refractivity contribution < 1.29 is 0 Å². The Balaban J connectivity index is 2.96. The molecule has 0 radical (unpaired) electrons. The summed E-state index contributed by atoms with van der Waals surface area (Å²) in [7, 11) is 3.93. The Labute approximate surface area is 73.2 Å². The molecule has 0 bridgehead atoms. The normalized spacial score (nSPS) is 12.7. The summed E-state index contributed by atoms with van der Waals surface area (Å²) in [6, 6.07) is 4.02. The molecule has 1 heterocycles. The zero-order chi connectivity index (χ0) is 9.14. The van der Waals surface area contributed by atoms with Gasteiger partial charge in [-0.05, 0) is 24.6 Å². The fourth-order valence-corrected chi connectivity index (χ4v) is 0.962. The van der Waals surface area contributed by atoms with Gasteiger partial charge in [-0.2, -0.15) is 0 Å². The molecule has 0 aromatic carbocycles. The molecule has 3 nitrogen and oxygen atoms in total. The van der Waals surface area contributed by atoms with Gasteiger partial charge in [0.05, 0.1) is 0 Å². The molecule has 0 amide bonds. The van der Waals surface area contributed by atoms with Gasteiger partial charge in [-0.25, -0.2) is 4.98 Å². The first kappa shape index (κ1) is 9.00. The van der Waals surface area contributed by atoms with Gasteiger partial charge < -0.3 is 10.6 Å². The fraction of sp³-hybridized carbons (Fsp3) is 0.444. The zero-order valence-electron chi connectivity index (χ0n) is 7.78. The summed E-state index contributed by atoms with van der Waals surface area (Å²) in [6.07, 6.45) is 1.79. The highest BCUT2D eigenvalue weighted by molar-refractivity contribution is 5.39. The second-order valence-corrected chi connectivity index (χ2v) is 3.13. The quantitative estimate of drug-likeness (QED) is 0.715. The van der Waals surface area contributed by atoms with Gasteiger partial charge in [0.2, 0.25) is 0 Å². The first-order valence-electron chi connectivity index (χ1n) is 4.00. The maximum absolute atomic E-state index is 5.74. The molecular formula is C9H15N3. The Bertz CT molecular complexity index is 232. The van der Waals surface area contributed by atoms with E-state index >= 15 is 0 Å². The Hall–Kier alpha value is -1.09. The van der Waals surface area contributed by atoms with Crippen LogP contribution >= 0.6 is 0 Å². The van der Waals surface area contributed by atoms with E-state index < -0.39 is 0 Å². The lowest BCUT2D eigenvalue weighted by atomic mass is 10.1. The lowest BCUT2D eigenvalue weighted by Crippen LogP contribution is -2.12. The Morgan fingerprint density at radius 1 is 1.50 bits per heavy atom. The van der Waals surface area contributed by atoms with E-state index in [-0.39, 0.29) is 6.04 Å². The number of hydrogen-bond acceptors (Lipinski definition) is 3. The highest BCUT2D eigenvalue weighted by Gasteiger charge is 2.01. The molecular weight excluding hydrogens is 150 g/mol. The van der Waals surface area contributed by atoms with E-state index in [4.69, 9.17) is 5.73 Å². The van der Waals surface area contributed by atoms with Gasteiger partial charge in [-0.1, -0.05) is 0 Å². The van der Waals surface area contributed by atoms with E-state index in [0.717, 1.165) is 11.4 Å². The second-order valence-electron chi connectivity index (χ2n) is 3.13. The van der Waals surface area contributed by atoms with Crippen LogP contribution in [0.15, 0.2) is 18.3 Å². The number of aromatic nitrogens is 1. The van der Waals surface area contributed by atoms with Crippen molar-refractivity contribution in [2.75, 3.05) is 19.0 Å². The van der Waals surface area contributed by atoms with Crippen molar-refractivity contribution >= 4 is 5.82 Å². The molecule has 1 unspecified atom stereocenters. The van der Waals surface area contributed by atoms with Crippen LogP contribution in [0, 0.1) is 0 Å². The average molecular weight is 165 g/mol. The summed E-state index contributed by atoms with van der Waals surface area (Å²) in [5, 5.41) is 0. The SMILES string of the molecule is CC(N)c1ccnc(N(C)C)c1. The van der Waals surface area contributed by atoms with Gasteiger partial charge in [-0.15, -0.1) is 0 Å². The van der Waals surface area contributed by atoms with E-state index in [0.29, 0.717) is 0 Å². The van der Waals surface area contributed by atoms with E-state index in [1.807, 2.05) is 38.1 Å². The topological polar surface area (TPSA) is 42.1 Å². The number of anilines is 1. The zero-order valence-corrected chi connectivity index (χ0v) is 7.78. The van der Waals surface area contributed by atoms with E-state index in [2.05, 4.69) is 4.98 Å². The maximum Gasteiger partial charge on any atom is 0.128 e. The summed E-state index contributed by atoms with van der Waals surface area (Å²) >= 11 is 0. The molecule has 0 aliphatic rings. The molecule has 2 N–H and O–H groups in total. The second kappa shape index (κ2) is 3.54. The molecule has 1 aromatic heterocycles. The van der Waals surface area contributed by atoms with Gasteiger partial charge in [0.15, 0.2) is 0 Å². The largest absolute Gasteiger partial charge is 0.363 e. The Morgan fingerprint density at radius 3 is 2.67 bits per heavy atom. The van der Waals surface area contributed by atoms with Crippen LogP contribution in [0.3, 0.4) is 0 Å². The van der Waals surface area contributed by atoms with Crippen LogP contribution in [0.25, 0.3) is 0 Å². The van der Waals surface area contributed by atoms with E-state index in [1.165, 1.54) is 0 Å². The molecule has 0 saturated carbocycles. The maximum atomic E-state index is 5.74. The lowest BCUT2D eigenvalue weighted by molar-refractivity contribution is 0.814. The number of nitrogens with two attached hydrogens (primary N) is 1. The predicted octanol–water partition coefficient (Wildman–Crippen LogP) is 1.17. The minimum Gasteiger partial charge on any atom is -0.363 e. The molecule has 66 valence electrons. The van der Waals surface area contributed by atoms with Crippen LogP contribution in [0.5, 0.6) is 0 Å². The molecule has 0 aliphatic carbocycles. The number of pyridine rings is 1. The van der Waals surface area contributed by atoms with Crippen LogP contribution in [-0.4, -0.2) is 19.1 Å². The Morgan fingerprint density at radius 2 is 2.17 bits per heavy atom. The number of rotatable bonds is 2. The molecule has 0 fully saturated rings. The summed E-state index contributed by atoms with van der Waals surface area (Å²) in [5.74, 6) is 0.949. The molecule has 0 saturated heterocycles. The van der Waals surface area contributed by atoms with Gasteiger partial charge in [0.1, 0.15) is 5.82 Å². The molecule has 0 aliphatic heterocycles. The van der Waals surface area contributed by atoms with Crippen LogP contribution < -0.4 is 10.6 Å². The lowest BCUT2D eigenvalue weighted by Gasteiger charge is -2.13. The van der Waals surface area contributed by atoms with Crippen molar-refractivity contribution in [3.63, 3.8) is 0 Å². The first-order valence-corrected chi connectivity index (χ1v) is 4.00. The predicted molar refractivity (Wildman–Crippen MR) is 51.2 cm³/mol. The third kappa shape index (κ3) is 1.95.